The fraction of sp³-hybridized carbons (Fsp3) is 0.355. The van der Waals surface area contributed by atoms with Gasteiger partial charge in [0.05, 0.1) is 10.9 Å². The molecule has 4 aromatic rings. The van der Waals surface area contributed by atoms with Gasteiger partial charge in [0.25, 0.3) is 0 Å². The van der Waals surface area contributed by atoms with Crippen LogP contribution in [0.25, 0.3) is 21.8 Å². The first kappa shape index (κ1) is 23.1. The molecule has 2 aliphatic heterocycles. The maximum atomic E-state index is 13.4. The summed E-state index contributed by atoms with van der Waals surface area (Å²) in [7, 11) is -3.46. The molecule has 1 aliphatic carbocycles. The minimum atomic E-state index is -3.46. The van der Waals surface area contributed by atoms with E-state index in [4.69, 9.17) is 0 Å². The van der Waals surface area contributed by atoms with E-state index >= 15 is 0 Å². The minimum Gasteiger partial charge on any atom is -0.378 e. The van der Waals surface area contributed by atoms with Gasteiger partial charge in [-0.2, -0.15) is 4.31 Å². The highest BCUT2D eigenvalue weighted by Gasteiger charge is 2.39. The van der Waals surface area contributed by atoms with Crippen molar-refractivity contribution in [1.29, 1.82) is 0 Å². The number of fused-ring (bicyclic) bond motifs is 6. The SMILES string of the molecule is CCn1c2ccccc2c2cc(C3Nc4ccc(S(=O)(=O)N5CCCCC5)cc4C4C=CCC43)ccc21. The van der Waals surface area contributed by atoms with E-state index in [0.29, 0.717) is 23.9 Å². The first-order chi connectivity index (χ1) is 18.1. The molecule has 1 aromatic heterocycles. The van der Waals surface area contributed by atoms with Gasteiger partial charge >= 0.3 is 0 Å². The molecule has 0 saturated carbocycles. The van der Waals surface area contributed by atoms with Crippen LogP contribution in [-0.2, 0) is 16.6 Å². The molecule has 0 spiro atoms. The zero-order chi connectivity index (χ0) is 25.1. The second kappa shape index (κ2) is 8.74. The lowest BCUT2D eigenvalue weighted by molar-refractivity contribution is 0.346. The van der Waals surface area contributed by atoms with Gasteiger partial charge in [-0.25, -0.2) is 8.42 Å². The topological polar surface area (TPSA) is 54.3 Å². The van der Waals surface area contributed by atoms with Gasteiger partial charge < -0.3 is 9.88 Å². The molecule has 6 heteroatoms. The number of nitrogens with one attached hydrogen (secondary N) is 1. The fourth-order valence-corrected chi connectivity index (χ4v) is 8.48. The first-order valence-electron chi connectivity index (χ1n) is 13.6. The standard InChI is InChI=1S/C31H33N3O2S/c1-2-34-29-12-5-4-9-24(29)27-19-21(13-16-30(27)34)31-25-11-8-10-23(25)26-20-22(14-15-28(26)32-31)37(35,36)33-17-6-3-7-18-33/h4-5,8-10,12-16,19-20,23,25,31-32H,2-3,6-7,11,17-18H2,1H3. The van der Waals surface area contributed by atoms with Gasteiger partial charge in [0.2, 0.25) is 10.0 Å². The summed E-state index contributed by atoms with van der Waals surface area (Å²) >= 11 is 0. The number of hydrogen-bond donors (Lipinski definition) is 1. The lowest BCUT2D eigenvalue weighted by Gasteiger charge is -2.38. The average molecular weight is 512 g/mol. The molecular weight excluding hydrogens is 478 g/mol. The molecule has 0 amide bonds. The molecule has 3 aliphatic rings. The Kier molecular flexibility index (Phi) is 5.45. The largest absolute Gasteiger partial charge is 0.378 e. The van der Waals surface area contributed by atoms with E-state index in [1.165, 1.54) is 27.4 Å². The number of benzene rings is 3. The third kappa shape index (κ3) is 3.57. The Labute approximate surface area is 218 Å². The molecule has 3 aromatic carbocycles. The lowest BCUT2D eigenvalue weighted by Crippen LogP contribution is -2.36. The minimum absolute atomic E-state index is 0.171. The van der Waals surface area contributed by atoms with Crippen molar-refractivity contribution in [3.63, 3.8) is 0 Å². The van der Waals surface area contributed by atoms with Crippen LogP contribution in [0.15, 0.2) is 77.7 Å². The number of sulfonamides is 1. The van der Waals surface area contributed by atoms with E-state index in [2.05, 4.69) is 71.4 Å². The maximum Gasteiger partial charge on any atom is 0.243 e. The second-order valence-corrected chi connectivity index (χ2v) is 12.7. The summed E-state index contributed by atoms with van der Waals surface area (Å²) in [6.07, 6.45) is 8.55. The molecule has 0 bridgehead atoms. The van der Waals surface area contributed by atoms with Crippen molar-refractivity contribution in [3.05, 3.63) is 83.9 Å². The van der Waals surface area contributed by atoms with Crippen molar-refractivity contribution in [2.75, 3.05) is 18.4 Å². The zero-order valence-corrected chi connectivity index (χ0v) is 22.0. The zero-order valence-electron chi connectivity index (χ0n) is 21.2. The van der Waals surface area contributed by atoms with Crippen molar-refractivity contribution in [2.45, 2.75) is 56.0 Å². The van der Waals surface area contributed by atoms with Crippen LogP contribution in [0.1, 0.15) is 55.7 Å². The summed E-state index contributed by atoms with van der Waals surface area (Å²) in [5, 5.41) is 6.42. The number of piperidine rings is 1. The molecule has 3 atom stereocenters. The van der Waals surface area contributed by atoms with Gasteiger partial charge in [-0.3, -0.25) is 0 Å². The van der Waals surface area contributed by atoms with E-state index < -0.39 is 10.0 Å². The summed E-state index contributed by atoms with van der Waals surface area (Å²) in [6, 6.07) is 21.5. The number of rotatable bonds is 4. The molecular formula is C31H33N3O2S. The highest BCUT2D eigenvalue weighted by atomic mass is 32.2. The van der Waals surface area contributed by atoms with Gasteiger partial charge in [-0.15, -0.1) is 0 Å². The van der Waals surface area contributed by atoms with Crippen LogP contribution in [0.5, 0.6) is 0 Å². The highest BCUT2D eigenvalue weighted by molar-refractivity contribution is 7.89. The fourth-order valence-electron chi connectivity index (χ4n) is 6.92. The molecule has 3 heterocycles. The Morgan fingerprint density at radius 3 is 2.57 bits per heavy atom. The van der Waals surface area contributed by atoms with Gasteiger partial charge in [-0.05, 0) is 79.6 Å². The normalized spacial score (nSPS) is 23.8. The van der Waals surface area contributed by atoms with Gasteiger partial charge in [-0.1, -0.05) is 42.8 Å². The lowest BCUT2D eigenvalue weighted by atomic mass is 9.77. The number of para-hydroxylation sites is 1. The van der Waals surface area contributed by atoms with Crippen LogP contribution in [0.4, 0.5) is 5.69 Å². The number of aromatic nitrogens is 1. The van der Waals surface area contributed by atoms with Crippen LogP contribution in [0, 0.1) is 5.92 Å². The Morgan fingerprint density at radius 1 is 0.919 bits per heavy atom. The third-order valence-corrected chi connectivity index (χ3v) is 10.7. The predicted molar refractivity (Wildman–Crippen MR) is 151 cm³/mol. The van der Waals surface area contributed by atoms with Crippen molar-refractivity contribution in [2.24, 2.45) is 5.92 Å². The van der Waals surface area contributed by atoms with Gasteiger partial charge in [0, 0.05) is 53.0 Å². The highest BCUT2D eigenvalue weighted by Crippen LogP contribution is 2.50. The summed E-state index contributed by atoms with van der Waals surface area (Å²) in [5.41, 5.74) is 6.00. The van der Waals surface area contributed by atoms with Gasteiger partial charge in [0.1, 0.15) is 0 Å². The molecule has 3 unspecified atom stereocenters. The quantitative estimate of drug-likeness (QED) is 0.306. The van der Waals surface area contributed by atoms with Crippen LogP contribution in [0.3, 0.4) is 0 Å². The van der Waals surface area contributed by atoms with E-state index in [1.807, 2.05) is 12.1 Å². The summed E-state index contributed by atoms with van der Waals surface area (Å²) in [4.78, 5) is 0.432. The Morgan fingerprint density at radius 2 is 1.73 bits per heavy atom. The van der Waals surface area contributed by atoms with E-state index in [-0.39, 0.29) is 12.0 Å². The van der Waals surface area contributed by atoms with Crippen molar-refractivity contribution in [3.8, 4) is 0 Å². The van der Waals surface area contributed by atoms with E-state index in [9.17, 15) is 8.42 Å². The maximum absolute atomic E-state index is 13.4. The number of hydrogen-bond acceptors (Lipinski definition) is 3. The van der Waals surface area contributed by atoms with Crippen molar-refractivity contribution >= 4 is 37.5 Å². The molecule has 190 valence electrons. The Hall–Kier alpha value is -3.09. The third-order valence-electron chi connectivity index (χ3n) is 8.76. The molecule has 0 radical (unpaired) electrons. The first-order valence-corrected chi connectivity index (χ1v) is 15.1. The Balaban J connectivity index is 1.28. The van der Waals surface area contributed by atoms with Gasteiger partial charge in [0.15, 0.2) is 0 Å². The van der Waals surface area contributed by atoms with Crippen LogP contribution in [0.2, 0.25) is 0 Å². The number of nitrogens with zero attached hydrogens (tertiary/aromatic N) is 2. The van der Waals surface area contributed by atoms with E-state index in [1.54, 1.807) is 10.4 Å². The number of allylic oxidation sites excluding steroid dienone is 2. The monoisotopic (exact) mass is 511 g/mol. The molecule has 1 saturated heterocycles. The predicted octanol–water partition coefficient (Wildman–Crippen LogP) is 6.82. The average Bonchev–Trinajstić information content (AvgIpc) is 3.56. The van der Waals surface area contributed by atoms with E-state index in [0.717, 1.165) is 43.5 Å². The van der Waals surface area contributed by atoms with Crippen molar-refractivity contribution in [1.82, 2.24) is 8.87 Å². The second-order valence-electron chi connectivity index (χ2n) is 10.7. The van der Waals surface area contributed by atoms with Crippen LogP contribution < -0.4 is 5.32 Å². The summed E-state index contributed by atoms with van der Waals surface area (Å²) < 4.78 is 30.8. The van der Waals surface area contributed by atoms with Crippen LogP contribution in [-0.4, -0.2) is 30.4 Å². The summed E-state index contributed by atoms with van der Waals surface area (Å²) in [5.74, 6) is 0.572. The van der Waals surface area contributed by atoms with Crippen molar-refractivity contribution < 1.29 is 8.42 Å². The molecule has 37 heavy (non-hydrogen) atoms. The number of anilines is 1. The molecule has 1 fully saturated rings. The smallest absolute Gasteiger partial charge is 0.243 e. The Bertz CT molecular complexity index is 1650. The number of aryl methyl sites for hydroxylation is 1. The molecule has 7 rings (SSSR count). The summed E-state index contributed by atoms with van der Waals surface area (Å²) in [6.45, 7) is 4.40. The van der Waals surface area contributed by atoms with Crippen LogP contribution >= 0.6 is 0 Å². The molecule has 5 nitrogen and oxygen atoms in total. The molecule has 1 N–H and O–H groups in total.